The van der Waals surface area contributed by atoms with Crippen LogP contribution in [0, 0.1) is 19.8 Å². The number of amides is 1. The van der Waals surface area contributed by atoms with Crippen LogP contribution in [-0.2, 0) is 24.8 Å². The van der Waals surface area contributed by atoms with Crippen LogP contribution in [0.4, 0.5) is 5.69 Å². The number of carbonyl (C=O) groups is 1. The molecule has 2 heterocycles. The summed E-state index contributed by atoms with van der Waals surface area (Å²) in [5.74, 6) is -0.467. The molecular formula is C33H46N4O9S2. The second kappa shape index (κ2) is 15.8. The lowest BCUT2D eigenvalue weighted by Gasteiger charge is -2.35. The zero-order valence-corrected chi connectivity index (χ0v) is 29.9. The molecule has 264 valence electrons. The van der Waals surface area contributed by atoms with Gasteiger partial charge in [-0.25, -0.2) is 16.8 Å². The quantitative estimate of drug-likeness (QED) is 0.329. The van der Waals surface area contributed by atoms with Crippen molar-refractivity contribution in [2.24, 2.45) is 5.92 Å². The van der Waals surface area contributed by atoms with E-state index >= 15 is 0 Å². The number of carbonyl (C=O) groups excluding carboxylic acids is 1. The largest absolute Gasteiger partial charge is 0.490 e. The van der Waals surface area contributed by atoms with E-state index in [0.717, 1.165) is 6.42 Å². The average Bonchev–Trinajstić information content (AvgIpc) is 3.40. The highest BCUT2D eigenvalue weighted by Gasteiger charge is 2.33. The number of benzene rings is 2. The smallest absolute Gasteiger partial charge is 0.267 e. The Morgan fingerprint density at radius 3 is 2.44 bits per heavy atom. The number of aliphatic hydroxyl groups excluding tert-OH is 1. The van der Waals surface area contributed by atoms with Crippen LogP contribution in [0.5, 0.6) is 5.75 Å². The molecule has 0 unspecified atom stereocenters. The topological polar surface area (TPSA) is 169 Å². The van der Waals surface area contributed by atoms with Gasteiger partial charge in [-0.2, -0.15) is 4.31 Å². The summed E-state index contributed by atoms with van der Waals surface area (Å²) in [5.41, 5.74) is 0.423. The zero-order chi connectivity index (χ0) is 35.2. The number of rotatable bonds is 9. The predicted molar refractivity (Wildman–Crippen MR) is 180 cm³/mol. The average molecular weight is 707 g/mol. The molecule has 0 saturated heterocycles. The van der Waals surface area contributed by atoms with Crippen LogP contribution in [0.2, 0.25) is 0 Å². The molecule has 0 spiro atoms. The summed E-state index contributed by atoms with van der Waals surface area (Å²) < 4.78 is 74.7. The Morgan fingerprint density at radius 1 is 1.08 bits per heavy atom. The number of fused-ring (bicyclic) bond motifs is 1. The maximum absolute atomic E-state index is 14.4. The minimum Gasteiger partial charge on any atom is -0.490 e. The van der Waals surface area contributed by atoms with Gasteiger partial charge in [0.05, 0.1) is 35.3 Å². The van der Waals surface area contributed by atoms with E-state index in [9.17, 15) is 26.7 Å². The van der Waals surface area contributed by atoms with Crippen molar-refractivity contribution < 1.29 is 40.7 Å². The Hall–Kier alpha value is -3.50. The Balaban J connectivity index is 1.69. The highest BCUT2D eigenvalue weighted by atomic mass is 32.2. The molecular weight excluding hydrogens is 661 g/mol. The first-order chi connectivity index (χ1) is 22.6. The zero-order valence-electron chi connectivity index (χ0n) is 28.2. The molecule has 13 nitrogen and oxygen atoms in total. The van der Waals surface area contributed by atoms with E-state index in [1.165, 1.54) is 54.4 Å². The molecule has 0 aliphatic carbocycles. The highest BCUT2D eigenvalue weighted by molar-refractivity contribution is 7.92. The summed E-state index contributed by atoms with van der Waals surface area (Å²) in [6.45, 7) is 8.66. The number of aryl methyl sites for hydroxylation is 2. The molecule has 1 aliphatic heterocycles. The van der Waals surface area contributed by atoms with Gasteiger partial charge in [0.15, 0.2) is 10.7 Å². The van der Waals surface area contributed by atoms with Crippen molar-refractivity contribution >= 4 is 31.6 Å². The molecule has 1 aliphatic rings. The Kier molecular flexibility index (Phi) is 12.3. The lowest BCUT2D eigenvalue weighted by Crippen LogP contribution is -2.48. The highest BCUT2D eigenvalue weighted by Crippen LogP contribution is 2.30. The maximum Gasteiger partial charge on any atom is 0.267 e. The molecule has 1 amide bonds. The molecule has 2 aromatic carbocycles. The number of ether oxygens (including phenoxy) is 2. The van der Waals surface area contributed by atoms with Crippen LogP contribution >= 0.6 is 0 Å². The first-order valence-corrected chi connectivity index (χ1v) is 18.9. The summed E-state index contributed by atoms with van der Waals surface area (Å²) in [7, 11) is -6.41. The molecule has 4 rings (SSSR count). The molecule has 1 aromatic heterocycles. The number of anilines is 1. The third-order valence-corrected chi connectivity index (χ3v) is 11.9. The van der Waals surface area contributed by atoms with Crippen LogP contribution < -0.4 is 9.46 Å². The van der Waals surface area contributed by atoms with Crippen LogP contribution in [-0.4, -0.2) is 93.8 Å². The molecule has 48 heavy (non-hydrogen) atoms. The first kappa shape index (κ1) is 37.3. The van der Waals surface area contributed by atoms with E-state index in [1.807, 2.05) is 13.8 Å². The molecule has 0 radical (unpaired) electrons. The van der Waals surface area contributed by atoms with E-state index < -0.39 is 38.1 Å². The predicted octanol–water partition coefficient (Wildman–Crippen LogP) is 4.21. The summed E-state index contributed by atoms with van der Waals surface area (Å²) in [4.78, 5) is 15.9. The molecule has 15 heteroatoms. The van der Waals surface area contributed by atoms with Crippen LogP contribution in [0.25, 0.3) is 0 Å². The van der Waals surface area contributed by atoms with Gasteiger partial charge in [0.1, 0.15) is 11.4 Å². The molecule has 4 atom stereocenters. The van der Waals surface area contributed by atoms with E-state index in [0.29, 0.717) is 19.4 Å². The van der Waals surface area contributed by atoms with Gasteiger partial charge in [0, 0.05) is 38.3 Å². The lowest BCUT2D eigenvalue weighted by molar-refractivity contribution is -0.00833. The SMILES string of the molecule is Cc1noc(C)c1S(=O)(=O)Nc1ccc2c(c1)C(=O)N([C@H](C)CO)C[C@H](C)[C@@H](CN(C)S(=O)(=O)c1ccccc1)OCCCC[C@H](C)O2. The van der Waals surface area contributed by atoms with Crippen molar-refractivity contribution in [2.45, 2.75) is 81.9 Å². The fourth-order valence-electron chi connectivity index (χ4n) is 5.64. The van der Waals surface area contributed by atoms with Gasteiger partial charge < -0.3 is 24.0 Å². The van der Waals surface area contributed by atoms with Crippen LogP contribution in [0.15, 0.2) is 62.8 Å². The van der Waals surface area contributed by atoms with Gasteiger partial charge in [-0.3, -0.25) is 9.52 Å². The summed E-state index contributed by atoms with van der Waals surface area (Å²) in [5, 5.41) is 14.0. The van der Waals surface area contributed by atoms with Crippen molar-refractivity contribution in [3.05, 3.63) is 65.5 Å². The molecule has 0 bridgehead atoms. The number of likely N-dealkylation sites (N-methyl/N-ethyl adjacent to an activating group) is 1. The van der Waals surface area contributed by atoms with E-state index in [1.54, 1.807) is 31.2 Å². The minimum atomic E-state index is -4.11. The Labute approximate surface area is 283 Å². The summed E-state index contributed by atoms with van der Waals surface area (Å²) in [6.07, 6.45) is 1.24. The Morgan fingerprint density at radius 2 is 1.79 bits per heavy atom. The maximum atomic E-state index is 14.4. The van der Waals surface area contributed by atoms with Crippen molar-refractivity contribution in [1.82, 2.24) is 14.4 Å². The number of aliphatic hydroxyl groups is 1. The monoisotopic (exact) mass is 706 g/mol. The van der Waals surface area contributed by atoms with Crippen molar-refractivity contribution in [3.8, 4) is 5.75 Å². The normalized spacial score (nSPS) is 20.9. The van der Waals surface area contributed by atoms with E-state index in [-0.39, 0.29) is 70.0 Å². The number of sulfonamides is 2. The van der Waals surface area contributed by atoms with E-state index in [2.05, 4.69) is 9.88 Å². The van der Waals surface area contributed by atoms with Gasteiger partial charge in [0.25, 0.3) is 15.9 Å². The number of hydrogen-bond donors (Lipinski definition) is 2. The van der Waals surface area contributed by atoms with Crippen molar-refractivity contribution in [2.75, 3.05) is 38.1 Å². The minimum absolute atomic E-state index is 0.0393. The number of aromatic nitrogens is 1. The van der Waals surface area contributed by atoms with Crippen molar-refractivity contribution in [1.29, 1.82) is 0 Å². The first-order valence-electron chi connectivity index (χ1n) is 16.0. The summed E-state index contributed by atoms with van der Waals surface area (Å²) >= 11 is 0. The van der Waals surface area contributed by atoms with Gasteiger partial charge in [-0.1, -0.05) is 30.3 Å². The van der Waals surface area contributed by atoms with Crippen LogP contribution in [0.3, 0.4) is 0 Å². The van der Waals surface area contributed by atoms with Gasteiger partial charge in [0.2, 0.25) is 10.0 Å². The molecule has 3 aromatic rings. The number of nitrogens with one attached hydrogen (secondary N) is 1. The van der Waals surface area contributed by atoms with E-state index in [4.69, 9.17) is 14.0 Å². The van der Waals surface area contributed by atoms with Gasteiger partial charge in [-0.05, 0) is 77.3 Å². The molecule has 2 N–H and O–H groups in total. The fraction of sp³-hybridized carbons (Fsp3) is 0.515. The molecule has 0 fully saturated rings. The molecule has 0 saturated carbocycles. The summed E-state index contributed by atoms with van der Waals surface area (Å²) in [6, 6.07) is 12.0. The standard InChI is InChI=1S/C33H46N4O9S2/c1-22-19-37(23(2)21-38)33(39)29-18-27(35-47(40,41)32-25(4)34-46-26(32)5)15-16-30(29)45-24(3)12-10-11-17-44-31(22)20-36(6)48(42,43)28-13-8-7-9-14-28/h7-9,13-16,18,22-24,31,35,38H,10-12,17,19-21H2,1-6H3/t22-,23+,24-,31+/m0/s1. The van der Waals surface area contributed by atoms with Gasteiger partial charge >= 0.3 is 0 Å². The number of hydrogen-bond acceptors (Lipinski definition) is 10. The van der Waals surface area contributed by atoms with Crippen molar-refractivity contribution in [3.63, 3.8) is 0 Å². The lowest BCUT2D eigenvalue weighted by atomic mass is 10.0. The number of nitrogens with zero attached hydrogens (tertiary/aromatic N) is 3. The third kappa shape index (κ3) is 8.74. The second-order valence-corrected chi connectivity index (χ2v) is 16.0. The Bertz CT molecular complexity index is 1740. The fourth-order valence-corrected chi connectivity index (χ4v) is 8.22. The third-order valence-electron chi connectivity index (χ3n) is 8.43. The van der Waals surface area contributed by atoms with Gasteiger partial charge in [-0.15, -0.1) is 0 Å². The second-order valence-electron chi connectivity index (χ2n) is 12.4. The van der Waals surface area contributed by atoms with Crippen LogP contribution in [0.1, 0.15) is 61.8 Å².